The summed E-state index contributed by atoms with van der Waals surface area (Å²) in [6.07, 6.45) is 4.89. The van der Waals surface area contributed by atoms with Gasteiger partial charge in [0.25, 0.3) is 0 Å². The number of nitrogens with one attached hydrogen (secondary N) is 1. The Morgan fingerprint density at radius 3 is 3.04 bits per heavy atom. The molecule has 3 aromatic rings. The van der Waals surface area contributed by atoms with Crippen LogP contribution >= 0.6 is 22.9 Å². The highest BCUT2D eigenvalue weighted by molar-refractivity contribution is 7.16. The molecule has 118 valence electrons. The van der Waals surface area contributed by atoms with Crippen molar-refractivity contribution in [2.75, 3.05) is 25.1 Å². The molecule has 4 rings (SSSR count). The lowest BCUT2D eigenvalue weighted by molar-refractivity contribution is -0.0196. The second-order valence-electron chi connectivity index (χ2n) is 5.02. The molecule has 0 saturated carbocycles. The van der Waals surface area contributed by atoms with Crippen LogP contribution < -0.4 is 5.43 Å². The Kier molecular flexibility index (Phi) is 4.04. The van der Waals surface area contributed by atoms with Crippen LogP contribution in [0.1, 0.15) is 11.0 Å². The lowest BCUT2D eigenvalue weighted by Gasteiger charge is -2.32. The van der Waals surface area contributed by atoms with Gasteiger partial charge in [0.1, 0.15) is 11.6 Å². The molecule has 1 unspecified atom stereocenters. The summed E-state index contributed by atoms with van der Waals surface area (Å²) in [6.45, 7) is 2.07. The van der Waals surface area contributed by atoms with Crippen LogP contribution in [-0.4, -0.2) is 44.6 Å². The van der Waals surface area contributed by atoms with Crippen LogP contribution in [0.25, 0.3) is 11.2 Å². The standard InChI is InChI=1S/C14H13ClN6OS/c15-12-2-1-11(23-12)10-8-21(5-6-22-10)20-14-18-7-9-13(19-14)17-4-3-16-9/h1-4,7,10H,5-6,8H2,(H,17,18,19,20). The topological polar surface area (TPSA) is 76.1 Å². The monoisotopic (exact) mass is 348 g/mol. The molecule has 0 aromatic carbocycles. The minimum Gasteiger partial charge on any atom is -0.370 e. The molecule has 1 N–H and O–H groups in total. The fourth-order valence-electron chi connectivity index (χ4n) is 2.39. The molecule has 1 saturated heterocycles. The second kappa shape index (κ2) is 6.32. The number of hydrogen-bond acceptors (Lipinski definition) is 8. The molecule has 0 aliphatic carbocycles. The minimum absolute atomic E-state index is 0.00556. The Labute approximate surface area is 141 Å². The first-order valence-corrected chi connectivity index (χ1v) is 8.29. The second-order valence-corrected chi connectivity index (χ2v) is 6.76. The fraction of sp³-hybridized carbons (Fsp3) is 0.286. The number of halogens is 1. The third-order valence-corrected chi connectivity index (χ3v) is 4.79. The number of morpholine rings is 1. The first-order valence-electron chi connectivity index (χ1n) is 7.10. The molecule has 1 atom stereocenters. The highest BCUT2D eigenvalue weighted by atomic mass is 35.5. The van der Waals surface area contributed by atoms with Crippen molar-refractivity contribution in [2.24, 2.45) is 0 Å². The van der Waals surface area contributed by atoms with Crippen LogP contribution in [-0.2, 0) is 4.74 Å². The third kappa shape index (κ3) is 3.25. The zero-order chi connectivity index (χ0) is 15.6. The number of thiophene rings is 1. The van der Waals surface area contributed by atoms with Crippen molar-refractivity contribution in [3.8, 4) is 0 Å². The van der Waals surface area contributed by atoms with Gasteiger partial charge in [-0.1, -0.05) is 11.6 Å². The minimum atomic E-state index is -0.00556. The number of ether oxygens (including phenoxy) is 1. The van der Waals surface area contributed by atoms with E-state index >= 15 is 0 Å². The lowest BCUT2D eigenvalue weighted by Crippen LogP contribution is -2.42. The van der Waals surface area contributed by atoms with Crippen molar-refractivity contribution in [2.45, 2.75) is 6.10 Å². The summed E-state index contributed by atoms with van der Waals surface area (Å²) < 4.78 is 6.59. The predicted octanol–water partition coefficient (Wildman–Crippen LogP) is 2.54. The van der Waals surface area contributed by atoms with Gasteiger partial charge < -0.3 is 4.74 Å². The number of rotatable bonds is 3. The molecule has 3 aromatic heterocycles. The Balaban J connectivity index is 1.48. The fourth-order valence-corrected chi connectivity index (χ4v) is 3.49. The van der Waals surface area contributed by atoms with Gasteiger partial charge in [0.15, 0.2) is 5.65 Å². The SMILES string of the molecule is Clc1ccc(C2CN(Nc3ncc4nccnc4n3)CCO2)s1. The number of nitrogens with zero attached hydrogens (tertiary/aromatic N) is 5. The summed E-state index contributed by atoms with van der Waals surface area (Å²) in [5.74, 6) is 0.503. The zero-order valence-corrected chi connectivity index (χ0v) is 13.6. The average Bonchev–Trinajstić information content (AvgIpc) is 3.02. The molecule has 0 bridgehead atoms. The van der Waals surface area contributed by atoms with E-state index in [1.54, 1.807) is 29.9 Å². The van der Waals surface area contributed by atoms with Crippen molar-refractivity contribution in [1.29, 1.82) is 0 Å². The first-order chi connectivity index (χ1) is 11.3. The molecule has 0 amide bonds. The van der Waals surface area contributed by atoms with Gasteiger partial charge in [-0.15, -0.1) is 11.3 Å². The number of hydrogen-bond donors (Lipinski definition) is 1. The lowest BCUT2D eigenvalue weighted by atomic mass is 10.2. The molecule has 23 heavy (non-hydrogen) atoms. The Morgan fingerprint density at radius 1 is 1.26 bits per heavy atom. The highest BCUT2D eigenvalue weighted by Gasteiger charge is 2.23. The number of aromatic nitrogens is 4. The van der Waals surface area contributed by atoms with Crippen molar-refractivity contribution < 1.29 is 4.74 Å². The molecular weight excluding hydrogens is 336 g/mol. The number of anilines is 1. The van der Waals surface area contributed by atoms with E-state index in [-0.39, 0.29) is 6.10 Å². The van der Waals surface area contributed by atoms with Crippen LogP contribution in [0.2, 0.25) is 4.34 Å². The summed E-state index contributed by atoms with van der Waals surface area (Å²) in [7, 11) is 0. The number of fused-ring (bicyclic) bond motifs is 1. The summed E-state index contributed by atoms with van der Waals surface area (Å²) >= 11 is 7.54. The van der Waals surface area contributed by atoms with E-state index in [0.29, 0.717) is 30.3 Å². The molecule has 0 spiro atoms. The molecule has 1 aliphatic rings. The molecule has 9 heteroatoms. The van der Waals surface area contributed by atoms with E-state index < -0.39 is 0 Å². The maximum atomic E-state index is 6.00. The van der Waals surface area contributed by atoms with Gasteiger partial charge in [-0.25, -0.2) is 20.0 Å². The van der Waals surface area contributed by atoms with Crippen LogP contribution in [0.4, 0.5) is 5.95 Å². The van der Waals surface area contributed by atoms with Crippen LogP contribution in [0.3, 0.4) is 0 Å². The molecule has 1 aliphatic heterocycles. The first kappa shape index (κ1) is 14.7. The molecular formula is C14H13ClN6OS. The van der Waals surface area contributed by atoms with Gasteiger partial charge in [0.2, 0.25) is 5.95 Å². The van der Waals surface area contributed by atoms with Crippen molar-refractivity contribution in [1.82, 2.24) is 24.9 Å². The Bertz CT molecular complexity index is 828. The van der Waals surface area contributed by atoms with Crippen LogP contribution in [0, 0.1) is 0 Å². The normalized spacial score (nSPS) is 19.1. The summed E-state index contributed by atoms with van der Waals surface area (Å²) in [6, 6.07) is 3.89. The van der Waals surface area contributed by atoms with E-state index in [1.807, 2.05) is 17.1 Å². The van der Waals surface area contributed by atoms with E-state index in [2.05, 4.69) is 25.4 Å². The van der Waals surface area contributed by atoms with E-state index in [1.165, 1.54) is 0 Å². The average molecular weight is 349 g/mol. The largest absolute Gasteiger partial charge is 0.370 e. The van der Waals surface area contributed by atoms with Gasteiger partial charge >= 0.3 is 0 Å². The highest BCUT2D eigenvalue weighted by Crippen LogP contribution is 2.31. The van der Waals surface area contributed by atoms with Gasteiger partial charge in [-0.3, -0.25) is 5.43 Å². The predicted molar refractivity (Wildman–Crippen MR) is 88.3 cm³/mol. The third-order valence-electron chi connectivity index (χ3n) is 3.46. The van der Waals surface area contributed by atoms with E-state index in [0.717, 1.165) is 15.8 Å². The summed E-state index contributed by atoms with van der Waals surface area (Å²) in [4.78, 5) is 18.1. The molecule has 0 radical (unpaired) electrons. The van der Waals surface area contributed by atoms with Crippen molar-refractivity contribution >= 4 is 40.0 Å². The molecule has 7 nitrogen and oxygen atoms in total. The van der Waals surface area contributed by atoms with E-state index in [9.17, 15) is 0 Å². The number of hydrazine groups is 1. The smallest absolute Gasteiger partial charge is 0.239 e. The van der Waals surface area contributed by atoms with Gasteiger partial charge in [-0.2, -0.15) is 4.98 Å². The summed E-state index contributed by atoms with van der Waals surface area (Å²) in [5, 5.41) is 2.04. The Hall–Kier alpha value is -1.87. The maximum Gasteiger partial charge on any atom is 0.239 e. The summed E-state index contributed by atoms with van der Waals surface area (Å²) in [5.41, 5.74) is 4.46. The van der Waals surface area contributed by atoms with Gasteiger partial charge in [0.05, 0.1) is 17.1 Å². The molecule has 4 heterocycles. The van der Waals surface area contributed by atoms with Crippen LogP contribution in [0.15, 0.2) is 30.7 Å². The Morgan fingerprint density at radius 2 is 2.17 bits per heavy atom. The van der Waals surface area contributed by atoms with Crippen LogP contribution in [0.5, 0.6) is 0 Å². The van der Waals surface area contributed by atoms with Crippen molar-refractivity contribution in [3.05, 3.63) is 39.9 Å². The van der Waals surface area contributed by atoms with Crippen molar-refractivity contribution in [3.63, 3.8) is 0 Å². The zero-order valence-electron chi connectivity index (χ0n) is 12.0. The maximum absolute atomic E-state index is 6.00. The van der Waals surface area contributed by atoms with Gasteiger partial charge in [0, 0.05) is 30.4 Å². The molecule has 1 fully saturated rings. The quantitative estimate of drug-likeness (QED) is 0.779. The van der Waals surface area contributed by atoms with Gasteiger partial charge in [-0.05, 0) is 12.1 Å². The van der Waals surface area contributed by atoms with E-state index in [4.69, 9.17) is 16.3 Å².